The van der Waals surface area contributed by atoms with Crippen LogP contribution in [0.25, 0.3) is 0 Å². The number of esters is 1. The first-order chi connectivity index (χ1) is 11.8. The molecular weight excluding hydrogens is 344 g/mol. The predicted molar refractivity (Wildman–Crippen MR) is 94.0 cm³/mol. The first kappa shape index (κ1) is 19.8. The van der Waals surface area contributed by atoms with Crippen LogP contribution >= 0.6 is 0 Å². The second-order valence-electron chi connectivity index (χ2n) is 6.52. The zero-order valence-electron chi connectivity index (χ0n) is 14.9. The summed E-state index contributed by atoms with van der Waals surface area (Å²) in [5, 5.41) is 0. The van der Waals surface area contributed by atoms with Crippen molar-refractivity contribution in [2.75, 3.05) is 39.9 Å². The van der Waals surface area contributed by atoms with Gasteiger partial charge in [-0.1, -0.05) is 19.9 Å². The van der Waals surface area contributed by atoms with E-state index in [4.69, 9.17) is 4.74 Å². The smallest absolute Gasteiger partial charge is 0.337 e. The Bertz CT molecular complexity index is 690. The van der Waals surface area contributed by atoms with E-state index in [0.717, 1.165) is 13.1 Å². The van der Waals surface area contributed by atoms with E-state index in [9.17, 15) is 13.2 Å². The van der Waals surface area contributed by atoms with Gasteiger partial charge in [0.15, 0.2) is 0 Å². The lowest BCUT2D eigenvalue weighted by Crippen LogP contribution is -2.48. The fourth-order valence-corrected chi connectivity index (χ4v) is 3.89. The molecule has 1 aromatic rings. The van der Waals surface area contributed by atoms with Gasteiger partial charge in [0, 0.05) is 26.2 Å². The molecule has 1 saturated heterocycles. The van der Waals surface area contributed by atoms with Crippen LogP contribution in [0, 0.1) is 5.92 Å². The molecule has 0 bridgehead atoms. The van der Waals surface area contributed by atoms with Crippen molar-refractivity contribution in [3.8, 4) is 0 Å². The average molecular weight is 370 g/mol. The molecule has 0 aromatic heterocycles. The standard InChI is InChI=1S/C17H26N2O5S/c1-13(2)11-19-7-8-24-15(12-19)10-18-25(21,22)16-6-4-5-14(9-16)17(20)23-3/h4-6,9,13,15,18H,7-8,10-12H2,1-3H3/t15-/m0/s1. The van der Waals surface area contributed by atoms with Gasteiger partial charge < -0.3 is 9.47 Å². The maximum Gasteiger partial charge on any atom is 0.337 e. The van der Waals surface area contributed by atoms with E-state index in [2.05, 4.69) is 28.2 Å². The molecule has 1 aliphatic rings. The van der Waals surface area contributed by atoms with E-state index in [-0.39, 0.29) is 23.1 Å². The molecule has 1 aliphatic heterocycles. The number of hydrogen-bond donors (Lipinski definition) is 1. The lowest BCUT2D eigenvalue weighted by molar-refractivity contribution is -0.0280. The van der Waals surface area contributed by atoms with E-state index >= 15 is 0 Å². The number of benzene rings is 1. The molecule has 140 valence electrons. The summed E-state index contributed by atoms with van der Waals surface area (Å²) in [6, 6.07) is 5.78. The number of hydrogen-bond acceptors (Lipinski definition) is 6. The molecule has 0 amide bonds. The highest BCUT2D eigenvalue weighted by atomic mass is 32.2. The zero-order chi connectivity index (χ0) is 18.4. The molecule has 0 saturated carbocycles. The minimum absolute atomic E-state index is 0.0326. The molecule has 1 aromatic carbocycles. The first-order valence-electron chi connectivity index (χ1n) is 8.34. The third-order valence-corrected chi connectivity index (χ3v) is 5.33. The number of sulfonamides is 1. The van der Waals surface area contributed by atoms with Crippen LogP contribution in [0.4, 0.5) is 0 Å². The maximum absolute atomic E-state index is 12.5. The van der Waals surface area contributed by atoms with Crippen molar-refractivity contribution in [1.29, 1.82) is 0 Å². The van der Waals surface area contributed by atoms with Gasteiger partial charge in [-0.25, -0.2) is 17.9 Å². The van der Waals surface area contributed by atoms with Crippen LogP contribution in [0.3, 0.4) is 0 Å². The Morgan fingerprint density at radius 1 is 1.44 bits per heavy atom. The van der Waals surface area contributed by atoms with Crippen molar-refractivity contribution < 1.29 is 22.7 Å². The highest BCUT2D eigenvalue weighted by molar-refractivity contribution is 7.89. The molecule has 0 unspecified atom stereocenters. The molecule has 1 N–H and O–H groups in total. The molecule has 7 nitrogen and oxygen atoms in total. The van der Waals surface area contributed by atoms with Crippen LogP contribution in [0.1, 0.15) is 24.2 Å². The molecule has 2 rings (SSSR count). The summed E-state index contributed by atoms with van der Waals surface area (Å²) >= 11 is 0. The van der Waals surface area contributed by atoms with Crippen molar-refractivity contribution in [3.63, 3.8) is 0 Å². The molecule has 8 heteroatoms. The van der Waals surface area contributed by atoms with Gasteiger partial charge in [0.1, 0.15) is 0 Å². The van der Waals surface area contributed by atoms with Gasteiger partial charge in [-0.3, -0.25) is 4.90 Å². The highest BCUT2D eigenvalue weighted by Gasteiger charge is 2.24. The van der Waals surface area contributed by atoms with Crippen molar-refractivity contribution >= 4 is 16.0 Å². The van der Waals surface area contributed by atoms with Crippen molar-refractivity contribution in [1.82, 2.24) is 9.62 Å². The molecule has 25 heavy (non-hydrogen) atoms. The van der Waals surface area contributed by atoms with Crippen molar-refractivity contribution in [2.24, 2.45) is 5.92 Å². The summed E-state index contributed by atoms with van der Waals surface area (Å²) in [5.41, 5.74) is 0.197. The van der Waals surface area contributed by atoms with Gasteiger partial charge in [-0.15, -0.1) is 0 Å². The van der Waals surface area contributed by atoms with E-state index < -0.39 is 16.0 Å². The lowest BCUT2D eigenvalue weighted by atomic mass is 10.2. The monoisotopic (exact) mass is 370 g/mol. The number of nitrogens with zero attached hydrogens (tertiary/aromatic N) is 1. The molecule has 1 heterocycles. The number of carbonyl (C=O) groups excluding carboxylic acids is 1. The van der Waals surface area contributed by atoms with Crippen molar-refractivity contribution in [2.45, 2.75) is 24.8 Å². The highest BCUT2D eigenvalue weighted by Crippen LogP contribution is 2.13. The first-order valence-corrected chi connectivity index (χ1v) is 9.82. The summed E-state index contributed by atoms with van der Waals surface area (Å²) in [4.78, 5) is 13.9. The fraction of sp³-hybridized carbons (Fsp3) is 0.588. The third kappa shape index (κ3) is 5.78. The number of carbonyl (C=O) groups is 1. The summed E-state index contributed by atoms with van der Waals surface area (Å²) in [6.45, 7) is 7.62. The topological polar surface area (TPSA) is 84.9 Å². The largest absolute Gasteiger partial charge is 0.465 e. The van der Waals surface area contributed by atoms with Crippen LogP contribution in [-0.2, 0) is 19.5 Å². The van der Waals surface area contributed by atoms with E-state index in [1.165, 1.54) is 31.4 Å². The van der Waals surface area contributed by atoms with Gasteiger partial charge in [0.05, 0.1) is 30.3 Å². The number of nitrogens with one attached hydrogen (secondary N) is 1. The number of methoxy groups -OCH3 is 1. The quantitative estimate of drug-likeness (QED) is 0.724. The Labute approximate surface area is 149 Å². The second-order valence-corrected chi connectivity index (χ2v) is 8.28. The Morgan fingerprint density at radius 2 is 2.20 bits per heavy atom. The van der Waals surface area contributed by atoms with Gasteiger partial charge in [0.25, 0.3) is 0 Å². The molecule has 1 fully saturated rings. The molecular formula is C17H26N2O5S. The normalized spacial score (nSPS) is 19.1. The zero-order valence-corrected chi connectivity index (χ0v) is 15.7. The van der Waals surface area contributed by atoms with E-state index in [0.29, 0.717) is 19.1 Å². The summed E-state index contributed by atoms with van der Waals surface area (Å²) in [7, 11) is -2.47. The van der Waals surface area contributed by atoms with Crippen LogP contribution in [0.2, 0.25) is 0 Å². The van der Waals surface area contributed by atoms with Crippen LogP contribution in [0.15, 0.2) is 29.2 Å². The van der Waals surface area contributed by atoms with Crippen molar-refractivity contribution in [3.05, 3.63) is 29.8 Å². The van der Waals surface area contributed by atoms with E-state index in [1.807, 2.05) is 0 Å². The van der Waals surface area contributed by atoms with E-state index in [1.54, 1.807) is 0 Å². The molecule has 0 spiro atoms. The minimum atomic E-state index is -3.72. The Kier molecular flexibility index (Phi) is 6.95. The van der Waals surface area contributed by atoms with Crippen LogP contribution in [0.5, 0.6) is 0 Å². The maximum atomic E-state index is 12.5. The number of rotatable bonds is 7. The Morgan fingerprint density at radius 3 is 2.88 bits per heavy atom. The average Bonchev–Trinajstić information content (AvgIpc) is 2.59. The van der Waals surface area contributed by atoms with Crippen LogP contribution < -0.4 is 4.72 Å². The Balaban J connectivity index is 1.98. The number of ether oxygens (including phenoxy) is 2. The predicted octanol–water partition coefficient (Wildman–Crippen LogP) is 1.11. The van der Waals surface area contributed by atoms with Gasteiger partial charge in [-0.05, 0) is 24.1 Å². The van der Waals surface area contributed by atoms with Gasteiger partial charge >= 0.3 is 5.97 Å². The fourth-order valence-electron chi connectivity index (χ4n) is 2.78. The Hall–Kier alpha value is -1.48. The lowest BCUT2D eigenvalue weighted by Gasteiger charge is -2.33. The molecule has 1 atom stereocenters. The van der Waals surface area contributed by atoms with Gasteiger partial charge in [-0.2, -0.15) is 0 Å². The summed E-state index contributed by atoms with van der Waals surface area (Å²) in [5.74, 6) is -0.0199. The van der Waals surface area contributed by atoms with Gasteiger partial charge in [0.2, 0.25) is 10.0 Å². The summed E-state index contributed by atoms with van der Waals surface area (Å²) < 4.78 is 37.8. The molecule has 0 aliphatic carbocycles. The SMILES string of the molecule is COC(=O)c1cccc(S(=O)(=O)NC[C@H]2CN(CC(C)C)CCO2)c1. The van der Waals surface area contributed by atoms with Crippen LogP contribution in [-0.4, -0.2) is 65.3 Å². The third-order valence-electron chi connectivity index (χ3n) is 3.91. The molecule has 0 radical (unpaired) electrons. The summed E-state index contributed by atoms with van der Waals surface area (Å²) in [6.07, 6.45) is -0.189. The minimum Gasteiger partial charge on any atom is -0.465 e. The number of morpholine rings is 1. The second kappa shape index (κ2) is 8.75.